The van der Waals surface area contributed by atoms with Gasteiger partial charge in [0, 0.05) is 12.3 Å². The van der Waals surface area contributed by atoms with Gasteiger partial charge in [0.05, 0.1) is 11.3 Å². The van der Waals surface area contributed by atoms with E-state index in [0.717, 1.165) is 17.7 Å². The first-order chi connectivity index (χ1) is 9.24. The Labute approximate surface area is 117 Å². The van der Waals surface area contributed by atoms with Crippen LogP contribution in [0.4, 0.5) is 13.2 Å². The molecule has 0 aliphatic carbocycles. The average Bonchev–Trinajstić information content (AvgIpc) is 2.38. The first-order valence-electron chi connectivity index (χ1n) is 6.32. The number of hydrogen-bond acceptors (Lipinski definition) is 3. The summed E-state index contributed by atoms with van der Waals surface area (Å²) in [6.07, 6.45) is -3.82. The lowest BCUT2D eigenvalue weighted by Crippen LogP contribution is -2.19. The molecule has 0 radical (unpaired) electrons. The third-order valence-corrected chi connectivity index (χ3v) is 4.65. The topological polar surface area (TPSA) is 46.2 Å². The number of rotatable bonds is 7. The van der Waals surface area contributed by atoms with Crippen molar-refractivity contribution in [1.82, 2.24) is 5.32 Å². The fourth-order valence-electron chi connectivity index (χ4n) is 1.61. The van der Waals surface area contributed by atoms with Crippen LogP contribution in [-0.2, 0) is 22.6 Å². The summed E-state index contributed by atoms with van der Waals surface area (Å²) in [5.41, 5.74) is 0.0617. The van der Waals surface area contributed by atoms with Crippen molar-refractivity contribution in [3.05, 3.63) is 35.4 Å². The van der Waals surface area contributed by atoms with Gasteiger partial charge < -0.3 is 5.32 Å². The molecule has 20 heavy (non-hydrogen) atoms. The molecule has 0 heterocycles. The van der Waals surface area contributed by atoms with Crippen molar-refractivity contribution in [3.8, 4) is 0 Å². The van der Waals surface area contributed by atoms with E-state index in [1.165, 1.54) is 12.1 Å². The molecule has 0 amide bonds. The predicted octanol–water partition coefficient (Wildman–Crippen LogP) is 2.62. The van der Waals surface area contributed by atoms with E-state index in [-0.39, 0.29) is 11.5 Å². The zero-order valence-electron chi connectivity index (χ0n) is 11.2. The monoisotopic (exact) mass is 309 g/mol. The first kappa shape index (κ1) is 17.0. The van der Waals surface area contributed by atoms with E-state index in [4.69, 9.17) is 0 Å². The molecule has 3 nitrogen and oxygen atoms in total. The zero-order valence-corrected chi connectivity index (χ0v) is 12.0. The summed E-state index contributed by atoms with van der Waals surface area (Å²) < 4.78 is 59.5. The van der Waals surface area contributed by atoms with Crippen LogP contribution in [0.2, 0.25) is 0 Å². The summed E-state index contributed by atoms with van der Waals surface area (Å²) in [4.78, 5) is 0. The van der Waals surface area contributed by atoms with Crippen molar-refractivity contribution in [2.24, 2.45) is 0 Å². The van der Waals surface area contributed by atoms with Crippen LogP contribution in [0.15, 0.2) is 24.3 Å². The second-order valence-corrected chi connectivity index (χ2v) is 6.93. The van der Waals surface area contributed by atoms with Crippen LogP contribution in [-0.4, -0.2) is 26.5 Å². The number of hydrogen-bond donors (Lipinski definition) is 1. The van der Waals surface area contributed by atoms with Gasteiger partial charge in [-0.25, -0.2) is 8.42 Å². The molecular formula is C13H18F3NO2S. The summed E-state index contributed by atoms with van der Waals surface area (Å²) in [6, 6.07) is 4.91. The van der Waals surface area contributed by atoms with Crippen LogP contribution in [0.25, 0.3) is 0 Å². The highest BCUT2D eigenvalue weighted by Gasteiger charge is 2.29. The van der Waals surface area contributed by atoms with Crippen LogP contribution in [0.3, 0.4) is 0 Å². The van der Waals surface area contributed by atoms with Gasteiger partial charge in [-0.3, -0.25) is 0 Å². The van der Waals surface area contributed by atoms with Crippen LogP contribution in [0.1, 0.15) is 24.5 Å². The van der Waals surface area contributed by atoms with Crippen molar-refractivity contribution in [3.63, 3.8) is 0 Å². The number of benzene rings is 1. The molecule has 7 heteroatoms. The lowest BCUT2D eigenvalue weighted by atomic mass is 10.1. The molecule has 1 aromatic carbocycles. The molecule has 0 spiro atoms. The molecule has 0 aliphatic rings. The van der Waals surface area contributed by atoms with E-state index in [1.54, 1.807) is 6.92 Å². The third kappa shape index (κ3) is 5.92. The van der Waals surface area contributed by atoms with Gasteiger partial charge in [-0.2, -0.15) is 13.2 Å². The van der Waals surface area contributed by atoms with E-state index in [2.05, 4.69) is 5.32 Å². The molecule has 0 atom stereocenters. The molecule has 0 saturated carbocycles. The summed E-state index contributed by atoms with van der Waals surface area (Å²) in [6.45, 7) is 2.54. The van der Waals surface area contributed by atoms with Crippen molar-refractivity contribution < 1.29 is 21.6 Å². The minimum absolute atomic E-state index is 0.128. The Bertz CT molecular complexity index is 509. The molecule has 0 unspecified atom stereocenters. The molecule has 0 fully saturated rings. The Balaban J connectivity index is 2.33. The Morgan fingerprint density at radius 2 is 1.75 bits per heavy atom. The van der Waals surface area contributed by atoms with Gasteiger partial charge in [0.2, 0.25) is 0 Å². The van der Waals surface area contributed by atoms with Gasteiger partial charge in [-0.05, 0) is 30.7 Å². The molecule has 0 bridgehead atoms. The first-order valence-corrected chi connectivity index (χ1v) is 8.14. The number of sulfone groups is 1. The number of alkyl halides is 3. The standard InChI is InChI=1S/C13H18F3NO2S/c1-2-20(18,19)9-3-8-17-10-11-4-6-12(7-5-11)13(14,15)16/h4-7,17H,2-3,8-10H2,1H3. The maximum absolute atomic E-state index is 12.3. The Kier molecular flexibility index (Phi) is 6.01. The van der Waals surface area contributed by atoms with Gasteiger partial charge in [0.25, 0.3) is 0 Å². The van der Waals surface area contributed by atoms with Gasteiger partial charge in [-0.1, -0.05) is 19.1 Å². The molecule has 0 aliphatic heterocycles. The smallest absolute Gasteiger partial charge is 0.313 e. The number of halogens is 3. The second-order valence-electron chi connectivity index (χ2n) is 4.46. The SMILES string of the molecule is CCS(=O)(=O)CCCNCc1ccc(C(F)(F)F)cc1. The third-order valence-electron chi connectivity index (χ3n) is 2.86. The van der Waals surface area contributed by atoms with Gasteiger partial charge >= 0.3 is 6.18 Å². The molecule has 1 rings (SSSR count). The van der Waals surface area contributed by atoms with Crippen LogP contribution in [0.5, 0.6) is 0 Å². The summed E-state index contributed by atoms with van der Waals surface area (Å²) in [7, 11) is -2.95. The minimum Gasteiger partial charge on any atom is -0.313 e. The average molecular weight is 309 g/mol. The van der Waals surface area contributed by atoms with E-state index >= 15 is 0 Å². The quantitative estimate of drug-likeness (QED) is 0.788. The summed E-state index contributed by atoms with van der Waals surface area (Å²) in [5.74, 6) is 0.259. The molecular weight excluding hydrogens is 291 g/mol. The van der Waals surface area contributed by atoms with E-state index in [0.29, 0.717) is 19.5 Å². The molecule has 0 aromatic heterocycles. The van der Waals surface area contributed by atoms with Crippen molar-refractivity contribution in [2.45, 2.75) is 26.1 Å². The van der Waals surface area contributed by atoms with Crippen molar-refractivity contribution in [1.29, 1.82) is 0 Å². The van der Waals surface area contributed by atoms with Crippen molar-refractivity contribution in [2.75, 3.05) is 18.1 Å². The van der Waals surface area contributed by atoms with E-state index in [1.807, 2.05) is 0 Å². The Morgan fingerprint density at radius 3 is 2.25 bits per heavy atom. The number of nitrogens with one attached hydrogen (secondary N) is 1. The van der Waals surface area contributed by atoms with E-state index < -0.39 is 21.6 Å². The molecule has 114 valence electrons. The highest BCUT2D eigenvalue weighted by atomic mass is 32.2. The molecule has 1 N–H and O–H groups in total. The van der Waals surface area contributed by atoms with Crippen molar-refractivity contribution >= 4 is 9.84 Å². The van der Waals surface area contributed by atoms with Crippen LogP contribution >= 0.6 is 0 Å². The largest absolute Gasteiger partial charge is 0.416 e. The maximum atomic E-state index is 12.3. The lowest BCUT2D eigenvalue weighted by Gasteiger charge is -2.08. The summed E-state index contributed by atoms with van der Waals surface area (Å²) in [5, 5.41) is 3.01. The van der Waals surface area contributed by atoms with E-state index in [9.17, 15) is 21.6 Å². The lowest BCUT2D eigenvalue weighted by molar-refractivity contribution is -0.137. The molecule has 0 saturated heterocycles. The fourth-order valence-corrected chi connectivity index (χ4v) is 2.48. The van der Waals surface area contributed by atoms with Gasteiger partial charge in [-0.15, -0.1) is 0 Å². The predicted molar refractivity (Wildman–Crippen MR) is 72.1 cm³/mol. The normalized spacial score (nSPS) is 12.6. The maximum Gasteiger partial charge on any atom is 0.416 e. The van der Waals surface area contributed by atoms with Crippen LogP contribution < -0.4 is 5.32 Å². The highest BCUT2D eigenvalue weighted by molar-refractivity contribution is 7.91. The molecule has 1 aromatic rings. The fraction of sp³-hybridized carbons (Fsp3) is 0.538. The Morgan fingerprint density at radius 1 is 1.15 bits per heavy atom. The highest BCUT2D eigenvalue weighted by Crippen LogP contribution is 2.28. The Hall–Kier alpha value is -1.08. The van der Waals surface area contributed by atoms with Gasteiger partial charge in [0.1, 0.15) is 9.84 Å². The minimum atomic E-state index is -4.32. The summed E-state index contributed by atoms with van der Waals surface area (Å²) >= 11 is 0. The zero-order chi connectivity index (χ0) is 15.2. The van der Waals surface area contributed by atoms with Crippen LogP contribution in [0, 0.1) is 0 Å². The van der Waals surface area contributed by atoms with Gasteiger partial charge in [0.15, 0.2) is 0 Å². The second kappa shape index (κ2) is 7.08.